The molecule has 0 saturated carbocycles. The second kappa shape index (κ2) is 6.89. The number of nitrogens with zero attached hydrogens (tertiary/aromatic N) is 1. The van der Waals surface area contributed by atoms with Gasteiger partial charge >= 0.3 is 6.09 Å². The molecule has 0 aromatic heterocycles. The highest BCUT2D eigenvalue weighted by atomic mass is 16.6. The number of carbonyl (C=O) groups is 2. The van der Waals surface area contributed by atoms with E-state index >= 15 is 0 Å². The van der Waals surface area contributed by atoms with Crippen molar-refractivity contribution < 1.29 is 19.1 Å². The molecule has 1 heterocycles. The topological polar surface area (TPSA) is 55.8 Å². The van der Waals surface area contributed by atoms with Gasteiger partial charge in [0.05, 0.1) is 13.2 Å². The van der Waals surface area contributed by atoms with E-state index in [0.29, 0.717) is 39.0 Å². The minimum absolute atomic E-state index is 0.403. The van der Waals surface area contributed by atoms with Crippen molar-refractivity contribution in [3.63, 3.8) is 0 Å². The molecule has 1 fully saturated rings. The molecule has 0 bridgehead atoms. The molecule has 1 aliphatic heterocycles. The number of hydrogen-bond acceptors (Lipinski definition) is 4. The molecular weight excluding hydrogens is 246 g/mol. The van der Waals surface area contributed by atoms with Crippen LogP contribution in [0.4, 0.5) is 4.79 Å². The van der Waals surface area contributed by atoms with Crippen molar-refractivity contribution in [3.05, 3.63) is 35.9 Å². The van der Waals surface area contributed by atoms with E-state index in [1.54, 1.807) is 4.90 Å². The number of carbonyl (C=O) groups excluding carboxylic acids is 2. The predicted octanol–water partition coefficient (Wildman–Crippen LogP) is 1.27. The quantitative estimate of drug-likeness (QED) is 0.768. The molecule has 0 spiro atoms. The highest BCUT2D eigenvalue weighted by molar-refractivity contribution is 5.71. The Balaban J connectivity index is 1.88. The van der Waals surface area contributed by atoms with Gasteiger partial charge < -0.3 is 14.4 Å². The van der Waals surface area contributed by atoms with E-state index in [0.717, 1.165) is 5.56 Å². The molecule has 0 aliphatic carbocycles. The molecule has 1 atom stereocenters. The molecule has 102 valence electrons. The number of ether oxygens (including phenoxy) is 2. The zero-order valence-electron chi connectivity index (χ0n) is 10.7. The molecule has 1 saturated heterocycles. The number of amides is 1. The molecule has 0 unspecified atom stereocenters. The lowest BCUT2D eigenvalue weighted by atomic mass is 10.1. The number of morpholine rings is 1. The average molecular weight is 263 g/mol. The van der Waals surface area contributed by atoms with Crippen LogP contribution in [0.5, 0.6) is 0 Å². The third-order valence-corrected chi connectivity index (χ3v) is 2.95. The second-order valence-electron chi connectivity index (χ2n) is 4.35. The fraction of sp³-hybridized carbons (Fsp3) is 0.429. The standard InChI is InChI=1S/C14H17NO4/c16-11-13(10-12-4-2-1-3-5-12)19-14(17)15-6-8-18-9-7-15/h1-5,11,13H,6-10H2/t13-/m0/s1. The van der Waals surface area contributed by atoms with Gasteiger partial charge in [0.1, 0.15) is 0 Å². The monoisotopic (exact) mass is 263 g/mol. The maximum Gasteiger partial charge on any atom is 0.410 e. The van der Waals surface area contributed by atoms with Gasteiger partial charge in [-0.2, -0.15) is 0 Å². The molecule has 19 heavy (non-hydrogen) atoms. The van der Waals surface area contributed by atoms with Crippen LogP contribution in [-0.4, -0.2) is 49.7 Å². The van der Waals surface area contributed by atoms with Gasteiger partial charge in [0.25, 0.3) is 0 Å². The fourth-order valence-corrected chi connectivity index (χ4v) is 1.91. The van der Waals surface area contributed by atoms with Crippen molar-refractivity contribution in [1.29, 1.82) is 0 Å². The summed E-state index contributed by atoms with van der Waals surface area (Å²) in [5.41, 5.74) is 0.967. The van der Waals surface area contributed by atoms with E-state index in [1.165, 1.54) is 0 Å². The summed E-state index contributed by atoms with van der Waals surface area (Å²) < 4.78 is 10.4. The Morgan fingerprint density at radius 1 is 1.32 bits per heavy atom. The molecule has 1 amide bonds. The Morgan fingerprint density at radius 2 is 2.00 bits per heavy atom. The average Bonchev–Trinajstić information content (AvgIpc) is 2.48. The molecule has 1 aromatic rings. The molecule has 5 heteroatoms. The van der Waals surface area contributed by atoms with Crippen molar-refractivity contribution >= 4 is 12.4 Å². The van der Waals surface area contributed by atoms with Crippen molar-refractivity contribution in [2.24, 2.45) is 0 Å². The van der Waals surface area contributed by atoms with E-state index in [9.17, 15) is 9.59 Å². The third-order valence-electron chi connectivity index (χ3n) is 2.95. The SMILES string of the molecule is O=C[C@H](Cc1ccccc1)OC(=O)N1CCOCC1. The Labute approximate surface area is 112 Å². The van der Waals surface area contributed by atoms with Crippen LogP contribution in [-0.2, 0) is 20.7 Å². The van der Waals surface area contributed by atoms with Crippen molar-refractivity contribution in [3.8, 4) is 0 Å². The van der Waals surface area contributed by atoms with Crippen LogP contribution < -0.4 is 0 Å². The maximum atomic E-state index is 11.8. The summed E-state index contributed by atoms with van der Waals surface area (Å²) in [7, 11) is 0. The van der Waals surface area contributed by atoms with Gasteiger partial charge in [-0.1, -0.05) is 30.3 Å². The predicted molar refractivity (Wildman–Crippen MR) is 68.9 cm³/mol. The summed E-state index contributed by atoms with van der Waals surface area (Å²) in [6.07, 6.45) is -0.111. The summed E-state index contributed by atoms with van der Waals surface area (Å²) in [4.78, 5) is 24.4. The molecule has 0 radical (unpaired) electrons. The summed E-state index contributed by atoms with van der Waals surface area (Å²) >= 11 is 0. The maximum absolute atomic E-state index is 11.8. The second-order valence-corrected chi connectivity index (χ2v) is 4.35. The van der Waals surface area contributed by atoms with Crippen molar-refractivity contribution in [1.82, 2.24) is 4.90 Å². The van der Waals surface area contributed by atoms with Gasteiger partial charge in [-0.25, -0.2) is 4.79 Å². The Morgan fingerprint density at radius 3 is 2.63 bits per heavy atom. The Bertz CT molecular complexity index is 415. The molecule has 2 rings (SSSR count). The van der Waals surface area contributed by atoms with Gasteiger partial charge in [-0.15, -0.1) is 0 Å². The molecule has 5 nitrogen and oxygen atoms in total. The summed E-state index contributed by atoms with van der Waals surface area (Å²) in [5.74, 6) is 0. The summed E-state index contributed by atoms with van der Waals surface area (Å²) in [6.45, 7) is 2.05. The lowest BCUT2D eigenvalue weighted by molar-refractivity contribution is -0.115. The van der Waals surface area contributed by atoms with Gasteiger partial charge in [0, 0.05) is 19.5 Å². The van der Waals surface area contributed by atoms with E-state index in [1.807, 2.05) is 30.3 Å². The van der Waals surface area contributed by atoms with Crippen LogP contribution in [0.25, 0.3) is 0 Å². The largest absolute Gasteiger partial charge is 0.438 e. The van der Waals surface area contributed by atoms with E-state index in [-0.39, 0.29) is 0 Å². The molecular formula is C14H17NO4. The normalized spacial score (nSPS) is 16.7. The highest BCUT2D eigenvalue weighted by Gasteiger charge is 2.21. The summed E-state index contributed by atoms with van der Waals surface area (Å²) in [6, 6.07) is 9.49. The van der Waals surface area contributed by atoms with Crippen LogP contribution in [0.1, 0.15) is 5.56 Å². The van der Waals surface area contributed by atoms with E-state index in [2.05, 4.69) is 0 Å². The van der Waals surface area contributed by atoms with Gasteiger partial charge in [-0.05, 0) is 5.56 Å². The zero-order valence-corrected chi connectivity index (χ0v) is 10.7. The Hall–Kier alpha value is -1.88. The molecule has 1 aliphatic rings. The number of hydrogen-bond donors (Lipinski definition) is 0. The van der Waals surface area contributed by atoms with Crippen molar-refractivity contribution in [2.45, 2.75) is 12.5 Å². The van der Waals surface area contributed by atoms with Gasteiger partial charge in [0.15, 0.2) is 12.4 Å². The lowest BCUT2D eigenvalue weighted by Gasteiger charge is -2.27. The minimum atomic E-state index is -0.738. The van der Waals surface area contributed by atoms with Gasteiger partial charge in [-0.3, -0.25) is 4.79 Å². The Kier molecular flexibility index (Phi) is 4.92. The highest BCUT2D eigenvalue weighted by Crippen LogP contribution is 2.07. The third kappa shape index (κ3) is 4.06. The molecule has 0 N–H and O–H groups in total. The first-order chi connectivity index (χ1) is 9.29. The van der Waals surface area contributed by atoms with Crippen LogP contribution in [0.2, 0.25) is 0 Å². The lowest BCUT2D eigenvalue weighted by Crippen LogP contribution is -2.42. The first kappa shape index (κ1) is 13.5. The minimum Gasteiger partial charge on any atom is -0.438 e. The molecule has 1 aromatic carbocycles. The van der Waals surface area contributed by atoms with E-state index in [4.69, 9.17) is 9.47 Å². The first-order valence-electron chi connectivity index (χ1n) is 6.32. The summed E-state index contributed by atoms with van der Waals surface area (Å²) in [5, 5.41) is 0. The number of aldehydes is 1. The first-order valence-corrected chi connectivity index (χ1v) is 6.32. The smallest absolute Gasteiger partial charge is 0.410 e. The number of rotatable bonds is 4. The van der Waals surface area contributed by atoms with Crippen LogP contribution >= 0.6 is 0 Å². The van der Waals surface area contributed by atoms with Gasteiger partial charge in [0.2, 0.25) is 0 Å². The van der Waals surface area contributed by atoms with Crippen LogP contribution in [0.3, 0.4) is 0 Å². The zero-order chi connectivity index (χ0) is 13.5. The fourth-order valence-electron chi connectivity index (χ4n) is 1.91. The van der Waals surface area contributed by atoms with E-state index < -0.39 is 12.2 Å². The van der Waals surface area contributed by atoms with Crippen molar-refractivity contribution in [2.75, 3.05) is 26.3 Å². The van der Waals surface area contributed by atoms with Crippen LogP contribution in [0, 0.1) is 0 Å². The van der Waals surface area contributed by atoms with Crippen LogP contribution in [0.15, 0.2) is 30.3 Å². The number of benzene rings is 1.